The summed E-state index contributed by atoms with van der Waals surface area (Å²) in [5.74, 6) is -0.135. The number of hydroxylamine groups is 1. The predicted molar refractivity (Wildman–Crippen MR) is 53.5 cm³/mol. The first-order valence-electron chi connectivity index (χ1n) is 4.40. The number of rotatable bonds is 1. The van der Waals surface area contributed by atoms with Crippen LogP contribution in [0.25, 0.3) is 10.9 Å². The normalized spacial score (nSPS) is 10.3. The Labute approximate surface area is 85.7 Å². The van der Waals surface area contributed by atoms with Gasteiger partial charge in [-0.05, 0) is 13.0 Å². The molecule has 5 heteroatoms. The summed E-state index contributed by atoms with van der Waals surface area (Å²) in [6, 6.07) is 7.14. The third kappa shape index (κ3) is 1.64. The van der Waals surface area contributed by atoms with Crippen LogP contribution >= 0.6 is 0 Å². The van der Waals surface area contributed by atoms with E-state index in [4.69, 9.17) is 5.21 Å². The Hall–Kier alpha value is -2.01. The highest BCUT2D eigenvalue weighted by atomic mass is 16.5. The molecule has 2 aromatic rings. The summed E-state index contributed by atoms with van der Waals surface area (Å²) < 4.78 is 0. The van der Waals surface area contributed by atoms with E-state index in [0.717, 1.165) is 0 Å². The quantitative estimate of drug-likeness (QED) is 0.536. The Morgan fingerprint density at radius 1 is 1.33 bits per heavy atom. The van der Waals surface area contributed by atoms with Crippen molar-refractivity contribution in [2.75, 3.05) is 0 Å². The number of aromatic nitrogens is 2. The summed E-state index contributed by atoms with van der Waals surface area (Å²) in [6.07, 6.45) is 0. The van der Waals surface area contributed by atoms with E-state index in [0.29, 0.717) is 16.7 Å². The molecule has 0 aliphatic heterocycles. The van der Waals surface area contributed by atoms with Gasteiger partial charge in [-0.1, -0.05) is 18.2 Å². The number of aryl methyl sites for hydroxylation is 1. The lowest BCUT2D eigenvalue weighted by atomic mass is 10.2. The van der Waals surface area contributed by atoms with E-state index in [-0.39, 0.29) is 5.69 Å². The zero-order valence-corrected chi connectivity index (χ0v) is 8.06. The van der Waals surface area contributed by atoms with Gasteiger partial charge in [0.05, 0.1) is 5.52 Å². The minimum Gasteiger partial charge on any atom is -0.288 e. The molecule has 0 saturated heterocycles. The molecule has 0 unspecified atom stereocenters. The van der Waals surface area contributed by atoms with Gasteiger partial charge in [0.15, 0.2) is 0 Å². The molecule has 0 fully saturated rings. The van der Waals surface area contributed by atoms with Crippen molar-refractivity contribution in [3.8, 4) is 0 Å². The molecule has 1 heterocycles. The summed E-state index contributed by atoms with van der Waals surface area (Å²) in [5.41, 5.74) is 2.44. The summed E-state index contributed by atoms with van der Waals surface area (Å²) in [6.45, 7) is 1.70. The van der Waals surface area contributed by atoms with E-state index >= 15 is 0 Å². The van der Waals surface area contributed by atoms with Gasteiger partial charge < -0.3 is 0 Å². The van der Waals surface area contributed by atoms with Crippen LogP contribution in [-0.4, -0.2) is 21.1 Å². The number of fused-ring (bicyclic) bond motifs is 1. The summed E-state index contributed by atoms with van der Waals surface area (Å²) in [5, 5.41) is 9.20. The maximum atomic E-state index is 11.3. The van der Waals surface area contributed by atoms with Crippen molar-refractivity contribution in [2.45, 2.75) is 6.92 Å². The van der Waals surface area contributed by atoms with Crippen LogP contribution in [-0.2, 0) is 0 Å². The average molecular weight is 203 g/mol. The van der Waals surface area contributed by atoms with Crippen LogP contribution in [0.3, 0.4) is 0 Å². The van der Waals surface area contributed by atoms with Crippen molar-refractivity contribution in [1.29, 1.82) is 0 Å². The Morgan fingerprint density at radius 2 is 2.07 bits per heavy atom. The van der Waals surface area contributed by atoms with Gasteiger partial charge >= 0.3 is 0 Å². The van der Waals surface area contributed by atoms with Gasteiger partial charge in [0.25, 0.3) is 5.91 Å². The molecule has 15 heavy (non-hydrogen) atoms. The smallest absolute Gasteiger partial charge is 0.288 e. The zero-order chi connectivity index (χ0) is 10.8. The van der Waals surface area contributed by atoms with E-state index in [2.05, 4.69) is 9.97 Å². The maximum absolute atomic E-state index is 11.3. The maximum Gasteiger partial charge on any atom is 0.293 e. The van der Waals surface area contributed by atoms with Crippen LogP contribution in [0.15, 0.2) is 24.3 Å². The number of hydrogen-bond acceptors (Lipinski definition) is 4. The third-order valence-electron chi connectivity index (χ3n) is 2.03. The summed E-state index contributed by atoms with van der Waals surface area (Å²) >= 11 is 0. The molecule has 0 spiro atoms. The number of benzene rings is 1. The zero-order valence-electron chi connectivity index (χ0n) is 8.06. The Kier molecular flexibility index (Phi) is 2.31. The number of para-hydroxylation sites is 1. The number of nitrogens with one attached hydrogen (secondary N) is 1. The summed E-state index contributed by atoms with van der Waals surface area (Å²) in [7, 11) is 0. The Bertz CT molecular complexity index is 525. The first-order valence-corrected chi connectivity index (χ1v) is 4.40. The minimum atomic E-state index is -0.628. The van der Waals surface area contributed by atoms with Gasteiger partial charge in [0, 0.05) is 5.39 Å². The molecule has 2 rings (SSSR count). The topological polar surface area (TPSA) is 75.1 Å². The number of hydrogen-bond donors (Lipinski definition) is 2. The number of carbonyl (C=O) groups is 1. The fourth-order valence-corrected chi connectivity index (χ4v) is 1.42. The van der Waals surface area contributed by atoms with Crippen LogP contribution in [0.2, 0.25) is 0 Å². The number of nitrogens with zero attached hydrogens (tertiary/aromatic N) is 2. The molecule has 0 saturated carbocycles. The predicted octanol–water partition coefficient (Wildman–Crippen LogP) is 1.06. The largest absolute Gasteiger partial charge is 0.293 e. The van der Waals surface area contributed by atoms with E-state index in [1.165, 1.54) is 0 Å². The molecule has 76 valence electrons. The molecule has 0 radical (unpaired) electrons. The SMILES string of the molecule is Cc1nc(C(=O)NO)c2ccccc2n1. The molecule has 0 aliphatic carbocycles. The molecule has 1 aromatic heterocycles. The van der Waals surface area contributed by atoms with Gasteiger partial charge in [0.1, 0.15) is 11.5 Å². The highest BCUT2D eigenvalue weighted by Gasteiger charge is 2.12. The van der Waals surface area contributed by atoms with Gasteiger partial charge in [-0.15, -0.1) is 0 Å². The highest BCUT2D eigenvalue weighted by Crippen LogP contribution is 2.14. The van der Waals surface area contributed by atoms with Crippen LogP contribution in [0, 0.1) is 6.92 Å². The van der Waals surface area contributed by atoms with Crippen molar-refractivity contribution in [3.63, 3.8) is 0 Å². The van der Waals surface area contributed by atoms with Crippen molar-refractivity contribution in [3.05, 3.63) is 35.8 Å². The molecule has 0 bridgehead atoms. The Morgan fingerprint density at radius 3 is 2.80 bits per heavy atom. The van der Waals surface area contributed by atoms with E-state index < -0.39 is 5.91 Å². The fourth-order valence-electron chi connectivity index (χ4n) is 1.42. The fraction of sp³-hybridized carbons (Fsp3) is 0.100. The van der Waals surface area contributed by atoms with E-state index in [1.54, 1.807) is 30.6 Å². The standard InChI is InChI=1S/C10H9N3O2/c1-6-11-8-5-3-2-4-7(8)9(12-6)10(14)13-15/h2-5,15H,1H3,(H,13,14). The second-order valence-electron chi connectivity index (χ2n) is 3.08. The van der Waals surface area contributed by atoms with Crippen LogP contribution in [0.4, 0.5) is 0 Å². The Balaban J connectivity index is 2.76. The molecule has 1 amide bonds. The number of amides is 1. The molecular formula is C10H9N3O2. The first-order chi connectivity index (χ1) is 7.22. The van der Waals surface area contributed by atoms with E-state index in [1.807, 2.05) is 6.07 Å². The van der Waals surface area contributed by atoms with Crippen LogP contribution in [0.5, 0.6) is 0 Å². The van der Waals surface area contributed by atoms with Gasteiger partial charge in [0.2, 0.25) is 0 Å². The molecule has 0 atom stereocenters. The van der Waals surface area contributed by atoms with Crippen molar-refractivity contribution < 1.29 is 10.0 Å². The molecule has 2 N–H and O–H groups in total. The lowest BCUT2D eigenvalue weighted by Gasteiger charge is -2.04. The van der Waals surface area contributed by atoms with Gasteiger partial charge in [-0.3, -0.25) is 10.0 Å². The first kappa shape index (κ1) is 9.54. The lowest BCUT2D eigenvalue weighted by Crippen LogP contribution is -2.21. The van der Waals surface area contributed by atoms with Gasteiger partial charge in [-0.25, -0.2) is 15.4 Å². The molecule has 5 nitrogen and oxygen atoms in total. The van der Waals surface area contributed by atoms with Crippen molar-refractivity contribution >= 4 is 16.8 Å². The monoisotopic (exact) mass is 203 g/mol. The molecule has 0 aliphatic rings. The molecule has 1 aromatic carbocycles. The van der Waals surface area contributed by atoms with E-state index in [9.17, 15) is 4.79 Å². The minimum absolute atomic E-state index is 0.181. The second kappa shape index (κ2) is 3.62. The van der Waals surface area contributed by atoms with Crippen molar-refractivity contribution in [2.24, 2.45) is 0 Å². The van der Waals surface area contributed by atoms with Gasteiger partial charge in [-0.2, -0.15) is 0 Å². The summed E-state index contributed by atoms with van der Waals surface area (Å²) in [4.78, 5) is 19.5. The highest BCUT2D eigenvalue weighted by molar-refractivity contribution is 6.03. The molecular weight excluding hydrogens is 194 g/mol. The average Bonchev–Trinajstić information content (AvgIpc) is 2.26. The van der Waals surface area contributed by atoms with Crippen molar-refractivity contribution in [1.82, 2.24) is 15.4 Å². The second-order valence-corrected chi connectivity index (χ2v) is 3.08. The number of carbonyl (C=O) groups excluding carboxylic acids is 1. The third-order valence-corrected chi connectivity index (χ3v) is 2.03. The van der Waals surface area contributed by atoms with Crippen LogP contribution in [0.1, 0.15) is 16.3 Å². The van der Waals surface area contributed by atoms with Crippen LogP contribution < -0.4 is 5.48 Å². The lowest BCUT2D eigenvalue weighted by molar-refractivity contribution is 0.0702.